The molecular formula is C32H41NO4. The lowest BCUT2D eigenvalue weighted by Gasteiger charge is -2.45. The van der Waals surface area contributed by atoms with Crippen LogP contribution in [0.2, 0.25) is 0 Å². The van der Waals surface area contributed by atoms with Crippen LogP contribution in [0.5, 0.6) is 17.2 Å². The Kier molecular flexibility index (Phi) is 8.46. The van der Waals surface area contributed by atoms with Crippen LogP contribution in [0.4, 0.5) is 0 Å². The SMILES string of the molecule is CCC(CC)NC(Oc1ccc([C@@H]2c3ccc(OC)cc3OC(C)(C)[C@H]2c2ccccc2)cc1)[C@@H](C)O. The molecule has 4 rings (SSSR count). The first-order valence-corrected chi connectivity index (χ1v) is 13.4. The van der Waals surface area contributed by atoms with Crippen LogP contribution < -0.4 is 19.5 Å². The van der Waals surface area contributed by atoms with E-state index in [9.17, 15) is 5.11 Å². The minimum absolute atomic E-state index is 0.0800. The minimum Gasteiger partial charge on any atom is -0.497 e. The summed E-state index contributed by atoms with van der Waals surface area (Å²) in [6, 6.07) is 25.3. The van der Waals surface area contributed by atoms with E-state index in [1.807, 2.05) is 30.3 Å². The quantitative estimate of drug-likeness (QED) is 0.304. The predicted molar refractivity (Wildman–Crippen MR) is 149 cm³/mol. The topological polar surface area (TPSA) is 60.0 Å². The third-order valence-electron chi connectivity index (χ3n) is 7.50. The molecule has 198 valence electrons. The van der Waals surface area contributed by atoms with E-state index in [2.05, 4.69) is 75.5 Å². The fraction of sp³-hybridized carbons (Fsp3) is 0.438. The van der Waals surface area contributed by atoms with E-state index in [4.69, 9.17) is 14.2 Å². The predicted octanol–water partition coefficient (Wildman–Crippen LogP) is 6.65. The number of benzene rings is 3. The van der Waals surface area contributed by atoms with Gasteiger partial charge in [0.1, 0.15) is 29.0 Å². The molecule has 2 N–H and O–H groups in total. The summed E-state index contributed by atoms with van der Waals surface area (Å²) >= 11 is 0. The summed E-state index contributed by atoms with van der Waals surface area (Å²) in [6.07, 6.45) is 0.850. The molecule has 5 heteroatoms. The Balaban J connectivity index is 1.71. The van der Waals surface area contributed by atoms with Gasteiger partial charge in [0.05, 0.1) is 7.11 Å². The number of hydrogen-bond donors (Lipinski definition) is 2. The van der Waals surface area contributed by atoms with Crippen LogP contribution in [0.25, 0.3) is 0 Å². The number of ether oxygens (including phenoxy) is 3. The monoisotopic (exact) mass is 503 g/mol. The maximum Gasteiger partial charge on any atom is 0.176 e. The van der Waals surface area contributed by atoms with Gasteiger partial charge in [0.25, 0.3) is 0 Å². The lowest BCUT2D eigenvalue weighted by Crippen LogP contribution is -2.47. The summed E-state index contributed by atoms with van der Waals surface area (Å²) < 4.78 is 18.3. The van der Waals surface area contributed by atoms with E-state index in [-0.39, 0.29) is 11.8 Å². The number of rotatable bonds is 10. The number of aliphatic hydroxyl groups excluding tert-OH is 1. The molecule has 1 aliphatic heterocycles. The van der Waals surface area contributed by atoms with Gasteiger partial charge in [-0.1, -0.05) is 62.4 Å². The van der Waals surface area contributed by atoms with Crippen molar-refractivity contribution in [2.75, 3.05) is 7.11 Å². The van der Waals surface area contributed by atoms with Crippen molar-refractivity contribution in [3.05, 3.63) is 89.5 Å². The van der Waals surface area contributed by atoms with E-state index in [1.165, 1.54) is 11.1 Å². The average Bonchev–Trinajstić information content (AvgIpc) is 2.90. The first kappa shape index (κ1) is 27.0. The van der Waals surface area contributed by atoms with Crippen LogP contribution >= 0.6 is 0 Å². The zero-order valence-corrected chi connectivity index (χ0v) is 22.9. The highest BCUT2D eigenvalue weighted by Crippen LogP contribution is 2.53. The van der Waals surface area contributed by atoms with Crippen molar-refractivity contribution < 1.29 is 19.3 Å². The summed E-state index contributed by atoms with van der Waals surface area (Å²) in [5.41, 5.74) is 3.12. The number of aliphatic hydroxyl groups is 1. The van der Waals surface area contributed by atoms with Gasteiger partial charge in [-0.2, -0.15) is 0 Å². The standard InChI is InChI=1S/C32H41NO4/c1-7-24(8-2)33-31(21(3)34)36-25-16-14-22(15-17-25)29-27-19-18-26(35-6)20-28(27)37-32(4,5)30(29)23-12-10-9-11-13-23/h9-21,24,29-31,33-34H,7-8H2,1-6H3/t21-,29-,30+,31?/m1/s1. The summed E-state index contributed by atoms with van der Waals surface area (Å²) in [4.78, 5) is 0. The smallest absolute Gasteiger partial charge is 0.176 e. The molecule has 0 aliphatic carbocycles. The molecule has 0 amide bonds. The molecule has 3 aromatic rings. The van der Waals surface area contributed by atoms with Crippen molar-refractivity contribution in [2.45, 2.75) is 83.3 Å². The minimum atomic E-state index is -0.638. The molecule has 0 fully saturated rings. The molecule has 3 aromatic carbocycles. The molecule has 1 aliphatic rings. The van der Waals surface area contributed by atoms with Gasteiger partial charge < -0.3 is 19.3 Å². The van der Waals surface area contributed by atoms with Crippen molar-refractivity contribution in [3.8, 4) is 17.2 Å². The van der Waals surface area contributed by atoms with Crippen molar-refractivity contribution >= 4 is 0 Å². The Morgan fingerprint density at radius 1 is 0.919 bits per heavy atom. The van der Waals surface area contributed by atoms with Crippen molar-refractivity contribution in [1.29, 1.82) is 0 Å². The van der Waals surface area contributed by atoms with Crippen LogP contribution in [0.3, 0.4) is 0 Å². The van der Waals surface area contributed by atoms with Crippen LogP contribution in [0.1, 0.15) is 76.0 Å². The van der Waals surface area contributed by atoms with Crippen LogP contribution in [-0.2, 0) is 0 Å². The van der Waals surface area contributed by atoms with Gasteiger partial charge in [0, 0.05) is 29.5 Å². The van der Waals surface area contributed by atoms with Crippen molar-refractivity contribution in [1.82, 2.24) is 5.32 Å². The largest absolute Gasteiger partial charge is 0.497 e. The van der Waals surface area contributed by atoms with E-state index < -0.39 is 17.9 Å². The molecule has 0 spiro atoms. The molecule has 0 saturated heterocycles. The molecule has 1 unspecified atom stereocenters. The fourth-order valence-electron chi connectivity index (χ4n) is 5.47. The van der Waals surface area contributed by atoms with E-state index >= 15 is 0 Å². The lowest BCUT2D eigenvalue weighted by molar-refractivity contribution is 0.0184. The van der Waals surface area contributed by atoms with Crippen molar-refractivity contribution in [2.24, 2.45) is 0 Å². The Morgan fingerprint density at radius 2 is 1.57 bits per heavy atom. The summed E-state index contributed by atoms with van der Waals surface area (Å²) in [5.74, 6) is 2.54. The lowest BCUT2D eigenvalue weighted by atomic mass is 9.68. The Labute approximate surface area is 221 Å². The zero-order valence-electron chi connectivity index (χ0n) is 22.9. The molecule has 0 bridgehead atoms. The molecule has 5 nitrogen and oxygen atoms in total. The van der Waals surface area contributed by atoms with E-state index in [0.717, 1.165) is 35.7 Å². The summed E-state index contributed by atoms with van der Waals surface area (Å²) in [5, 5.41) is 13.8. The molecule has 1 heterocycles. The van der Waals surface area contributed by atoms with Crippen molar-refractivity contribution in [3.63, 3.8) is 0 Å². The molecule has 0 aromatic heterocycles. The second-order valence-electron chi connectivity index (χ2n) is 10.5. The molecule has 0 radical (unpaired) electrons. The van der Waals surface area contributed by atoms with Gasteiger partial charge in [-0.15, -0.1) is 0 Å². The molecule has 37 heavy (non-hydrogen) atoms. The van der Waals surface area contributed by atoms with Gasteiger partial charge in [-0.25, -0.2) is 0 Å². The molecule has 4 atom stereocenters. The summed E-state index contributed by atoms with van der Waals surface area (Å²) in [6.45, 7) is 10.4. The highest BCUT2D eigenvalue weighted by atomic mass is 16.5. The van der Waals surface area contributed by atoms with Crippen LogP contribution in [-0.4, -0.2) is 36.2 Å². The normalized spacial score (nSPS) is 20.0. The van der Waals surface area contributed by atoms with E-state index in [0.29, 0.717) is 6.04 Å². The summed E-state index contributed by atoms with van der Waals surface area (Å²) in [7, 11) is 1.68. The van der Waals surface area contributed by atoms with Crippen LogP contribution in [0, 0.1) is 0 Å². The van der Waals surface area contributed by atoms with Gasteiger partial charge in [-0.3, -0.25) is 5.32 Å². The Hall–Kier alpha value is -3.02. The highest BCUT2D eigenvalue weighted by molar-refractivity contribution is 5.52. The first-order chi connectivity index (χ1) is 17.8. The first-order valence-electron chi connectivity index (χ1n) is 13.4. The van der Waals surface area contributed by atoms with Gasteiger partial charge in [0.15, 0.2) is 6.23 Å². The number of hydrogen-bond acceptors (Lipinski definition) is 5. The highest BCUT2D eigenvalue weighted by Gasteiger charge is 2.45. The average molecular weight is 504 g/mol. The maximum atomic E-state index is 10.3. The maximum absolute atomic E-state index is 10.3. The van der Waals surface area contributed by atoms with Gasteiger partial charge in [-0.05, 0) is 62.9 Å². The van der Waals surface area contributed by atoms with Gasteiger partial charge >= 0.3 is 0 Å². The fourth-order valence-corrected chi connectivity index (χ4v) is 5.47. The Morgan fingerprint density at radius 3 is 2.16 bits per heavy atom. The zero-order chi connectivity index (χ0) is 26.6. The number of fused-ring (bicyclic) bond motifs is 1. The second kappa shape index (κ2) is 11.6. The third-order valence-corrected chi connectivity index (χ3v) is 7.50. The van der Waals surface area contributed by atoms with Crippen LogP contribution in [0.15, 0.2) is 72.8 Å². The van der Waals surface area contributed by atoms with E-state index in [1.54, 1.807) is 14.0 Å². The number of methoxy groups -OCH3 is 1. The molecular weight excluding hydrogens is 462 g/mol. The van der Waals surface area contributed by atoms with Gasteiger partial charge in [0.2, 0.25) is 0 Å². The number of nitrogens with one attached hydrogen (secondary N) is 1. The third kappa shape index (κ3) is 5.94. The second-order valence-corrected chi connectivity index (χ2v) is 10.5. The molecule has 0 saturated carbocycles. The Bertz CT molecular complexity index is 1140.